The number of aliphatic imine (C=N–C) groups is 1. The summed E-state index contributed by atoms with van der Waals surface area (Å²) in [5.74, 6) is 0.843. The normalized spacial score (nSPS) is 11.4. The van der Waals surface area contributed by atoms with Gasteiger partial charge in [0, 0.05) is 35.4 Å². The molecule has 0 saturated heterocycles. The minimum Gasteiger partial charge on any atom is -0.497 e. The Labute approximate surface area is 124 Å². The Morgan fingerprint density at radius 3 is 2.48 bits per heavy atom. The van der Waals surface area contributed by atoms with Gasteiger partial charge in [-0.2, -0.15) is 0 Å². The molecular formula is C18H18N2O. The van der Waals surface area contributed by atoms with Crippen LogP contribution >= 0.6 is 0 Å². The van der Waals surface area contributed by atoms with Gasteiger partial charge in [-0.25, -0.2) is 0 Å². The fraction of sp³-hybridized carbons (Fsp3) is 0.167. The summed E-state index contributed by atoms with van der Waals surface area (Å²) < 4.78 is 7.36. The fourth-order valence-electron chi connectivity index (χ4n) is 2.52. The summed E-state index contributed by atoms with van der Waals surface area (Å²) in [4.78, 5) is 4.58. The zero-order valence-corrected chi connectivity index (χ0v) is 12.5. The van der Waals surface area contributed by atoms with E-state index < -0.39 is 0 Å². The Morgan fingerprint density at radius 2 is 1.76 bits per heavy atom. The Morgan fingerprint density at radius 1 is 1.05 bits per heavy atom. The quantitative estimate of drug-likeness (QED) is 0.658. The summed E-state index contributed by atoms with van der Waals surface area (Å²) in [6, 6.07) is 16.1. The summed E-state index contributed by atoms with van der Waals surface area (Å²) in [6.07, 6.45) is 1.94. The van der Waals surface area contributed by atoms with Crippen LogP contribution in [0.15, 0.2) is 53.5 Å². The van der Waals surface area contributed by atoms with Crippen LogP contribution in [-0.2, 0) is 7.05 Å². The number of methoxy groups -OCH3 is 1. The first-order valence-corrected chi connectivity index (χ1v) is 6.93. The van der Waals surface area contributed by atoms with E-state index in [-0.39, 0.29) is 0 Å². The molecule has 0 spiro atoms. The highest BCUT2D eigenvalue weighted by atomic mass is 16.5. The van der Waals surface area contributed by atoms with E-state index in [9.17, 15) is 0 Å². The standard InChI is InChI=1S/C18H18N2O/c1-13-17(16-6-4-5-7-18(16)20(13)2)12-19-14-8-10-15(21-3)11-9-14/h4-12H,1-3H3. The fourth-order valence-corrected chi connectivity index (χ4v) is 2.52. The monoisotopic (exact) mass is 278 g/mol. The zero-order valence-electron chi connectivity index (χ0n) is 12.5. The second-order valence-corrected chi connectivity index (χ2v) is 5.03. The highest BCUT2D eigenvalue weighted by Gasteiger charge is 2.08. The number of nitrogens with zero attached hydrogens (tertiary/aromatic N) is 2. The van der Waals surface area contributed by atoms with Gasteiger partial charge < -0.3 is 9.30 Å². The number of hydrogen-bond acceptors (Lipinski definition) is 2. The highest BCUT2D eigenvalue weighted by Crippen LogP contribution is 2.24. The predicted molar refractivity (Wildman–Crippen MR) is 87.9 cm³/mol. The average Bonchev–Trinajstić information content (AvgIpc) is 2.78. The van der Waals surface area contributed by atoms with Gasteiger partial charge >= 0.3 is 0 Å². The lowest BCUT2D eigenvalue weighted by Gasteiger charge is -1.99. The lowest BCUT2D eigenvalue weighted by atomic mass is 10.1. The van der Waals surface area contributed by atoms with E-state index in [0.717, 1.165) is 11.4 Å². The molecule has 0 unspecified atom stereocenters. The van der Waals surface area contributed by atoms with Crippen molar-refractivity contribution in [2.75, 3.05) is 7.11 Å². The average molecular weight is 278 g/mol. The maximum absolute atomic E-state index is 5.16. The van der Waals surface area contributed by atoms with Crippen LogP contribution in [0.25, 0.3) is 10.9 Å². The molecule has 3 heteroatoms. The van der Waals surface area contributed by atoms with Crippen LogP contribution in [0.4, 0.5) is 5.69 Å². The number of ether oxygens (including phenoxy) is 1. The van der Waals surface area contributed by atoms with Gasteiger partial charge in [-0.05, 0) is 37.3 Å². The van der Waals surface area contributed by atoms with Gasteiger partial charge in [0.15, 0.2) is 0 Å². The summed E-state index contributed by atoms with van der Waals surface area (Å²) in [5.41, 5.74) is 4.53. The molecule has 1 heterocycles. The molecule has 106 valence electrons. The number of aromatic nitrogens is 1. The Balaban J connectivity index is 2.01. The first-order valence-electron chi connectivity index (χ1n) is 6.93. The van der Waals surface area contributed by atoms with Crippen LogP contribution in [0.1, 0.15) is 11.3 Å². The molecule has 0 radical (unpaired) electrons. The molecular weight excluding hydrogens is 260 g/mol. The molecule has 0 bridgehead atoms. The first-order chi connectivity index (χ1) is 10.2. The van der Waals surface area contributed by atoms with Crippen molar-refractivity contribution in [1.82, 2.24) is 4.57 Å². The van der Waals surface area contributed by atoms with Gasteiger partial charge in [-0.1, -0.05) is 18.2 Å². The van der Waals surface area contributed by atoms with E-state index in [4.69, 9.17) is 4.74 Å². The third-order valence-electron chi connectivity index (χ3n) is 3.86. The molecule has 0 amide bonds. The maximum Gasteiger partial charge on any atom is 0.119 e. The SMILES string of the molecule is COc1ccc(N=Cc2c(C)n(C)c3ccccc23)cc1. The number of benzene rings is 2. The van der Waals surface area contributed by atoms with Gasteiger partial charge in [0.05, 0.1) is 12.8 Å². The minimum absolute atomic E-state index is 0.843. The van der Waals surface area contributed by atoms with Crippen LogP contribution in [0.3, 0.4) is 0 Å². The van der Waals surface area contributed by atoms with E-state index in [1.54, 1.807) is 7.11 Å². The van der Waals surface area contributed by atoms with Crippen LogP contribution in [0, 0.1) is 6.92 Å². The van der Waals surface area contributed by atoms with Crippen molar-refractivity contribution in [3.05, 3.63) is 59.8 Å². The molecule has 0 aliphatic rings. The van der Waals surface area contributed by atoms with E-state index in [1.165, 1.54) is 22.2 Å². The minimum atomic E-state index is 0.843. The van der Waals surface area contributed by atoms with Crippen LogP contribution in [-0.4, -0.2) is 17.9 Å². The number of rotatable bonds is 3. The predicted octanol–water partition coefficient (Wildman–Crippen LogP) is 4.25. The van der Waals surface area contributed by atoms with E-state index >= 15 is 0 Å². The van der Waals surface area contributed by atoms with Crippen LogP contribution in [0.5, 0.6) is 5.75 Å². The van der Waals surface area contributed by atoms with Gasteiger partial charge in [0.2, 0.25) is 0 Å². The molecule has 3 aromatic rings. The van der Waals surface area contributed by atoms with Crippen molar-refractivity contribution >= 4 is 22.8 Å². The molecule has 2 aromatic carbocycles. The van der Waals surface area contributed by atoms with Crippen molar-refractivity contribution in [3.63, 3.8) is 0 Å². The lowest BCUT2D eigenvalue weighted by molar-refractivity contribution is 0.415. The summed E-state index contributed by atoms with van der Waals surface area (Å²) in [5, 5.41) is 1.23. The van der Waals surface area contributed by atoms with Gasteiger partial charge in [-0.15, -0.1) is 0 Å². The third-order valence-corrected chi connectivity index (χ3v) is 3.86. The lowest BCUT2D eigenvalue weighted by Crippen LogP contribution is -1.91. The van der Waals surface area contributed by atoms with Crippen molar-refractivity contribution in [2.24, 2.45) is 12.0 Å². The molecule has 3 rings (SSSR count). The smallest absolute Gasteiger partial charge is 0.119 e. The summed E-state index contributed by atoms with van der Waals surface area (Å²) >= 11 is 0. The molecule has 1 aromatic heterocycles. The Kier molecular flexibility index (Phi) is 3.48. The van der Waals surface area contributed by atoms with E-state index in [1.807, 2.05) is 30.5 Å². The molecule has 0 aliphatic heterocycles. The van der Waals surface area contributed by atoms with Crippen molar-refractivity contribution in [3.8, 4) is 5.75 Å². The molecule has 0 fully saturated rings. The molecule has 0 aliphatic carbocycles. The van der Waals surface area contributed by atoms with Crippen LogP contribution in [0.2, 0.25) is 0 Å². The molecule has 21 heavy (non-hydrogen) atoms. The number of hydrogen-bond donors (Lipinski definition) is 0. The van der Waals surface area contributed by atoms with Crippen LogP contribution < -0.4 is 4.74 Å². The first kappa shape index (κ1) is 13.4. The zero-order chi connectivity index (χ0) is 14.8. The van der Waals surface area contributed by atoms with Gasteiger partial charge in [-0.3, -0.25) is 4.99 Å². The Bertz CT molecular complexity index is 798. The highest BCUT2D eigenvalue weighted by molar-refractivity contribution is 6.01. The number of fused-ring (bicyclic) bond motifs is 1. The second-order valence-electron chi connectivity index (χ2n) is 5.03. The topological polar surface area (TPSA) is 26.5 Å². The second kappa shape index (κ2) is 5.44. The molecule has 0 atom stereocenters. The largest absolute Gasteiger partial charge is 0.497 e. The van der Waals surface area contributed by atoms with Crippen molar-refractivity contribution in [2.45, 2.75) is 6.92 Å². The van der Waals surface area contributed by atoms with Gasteiger partial charge in [0.25, 0.3) is 0 Å². The summed E-state index contributed by atoms with van der Waals surface area (Å²) in [7, 11) is 3.75. The summed E-state index contributed by atoms with van der Waals surface area (Å²) in [6.45, 7) is 2.12. The Hall–Kier alpha value is -2.55. The van der Waals surface area contributed by atoms with Crippen molar-refractivity contribution in [1.29, 1.82) is 0 Å². The molecule has 0 N–H and O–H groups in total. The van der Waals surface area contributed by atoms with Gasteiger partial charge in [0.1, 0.15) is 5.75 Å². The van der Waals surface area contributed by atoms with E-state index in [2.05, 4.69) is 47.8 Å². The van der Waals surface area contributed by atoms with Crippen molar-refractivity contribution < 1.29 is 4.74 Å². The number of para-hydroxylation sites is 1. The number of aryl methyl sites for hydroxylation is 1. The van der Waals surface area contributed by atoms with E-state index in [0.29, 0.717) is 0 Å². The maximum atomic E-state index is 5.16. The third kappa shape index (κ3) is 2.42. The molecule has 3 nitrogen and oxygen atoms in total. The molecule has 0 saturated carbocycles.